The summed E-state index contributed by atoms with van der Waals surface area (Å²) in [5.74, 6) is -0.649. The van der Waals surface area contributed by atoms with Gasteiger partial charge >= 0.3 is 12.0 Å². The topological polar surface area (TPSA) is 93.8 Å². The van der Waals surface area contributed by atoms with Crippen LogP contribution in [-0.4, -0.2) is 17.7 Å². The van der Waals surface area contributed by atoms with Crippen molar-refractivity contribution in [2.24, 2.45) is 10.8 Å². The molecule has 0 aromatic heterocycles. The number of esters is 1. The molecule has 0 atom stereocenters. The predicted octanol–water partition coefficient (Wildman–Crippen LogP) is 1.80. The van der Waals surface area contributed by atoms with Gasteiger partial charge in [-0.05, 0) is 5.56 Å². The molecular formula is C16H15N3O3. The molecule has 6 heteroatoms. The zero-order valence-electron chi connectivity index (χ0n) is 11.7. The first kappa shape index (κ1) is 15.2. The van der Waals surface area contributed by atoms with Gasteiger partial charge in [0.25, 0.3) is 0 Å². The second kappa shape index (κ2) is 7.58. The van der Waals surface area contributed by atoms with Crippen molar-refractivity contribution >= 4 is 17.7 Å². The van der Waals surface area contributed by atoms with E-state index >= 15 is 0 Å². The highest BCUT2D eigenvalue weighted by atomic mass is 16.5. The number of carbonyl (C=O) groups is 2. The van der Waals surface area contributed by atoms with Gasteiger partial charge in [-0.3, -0.25) is 0 Å². The van der Waals surface area contributed by atoms with Crippen molar-refractivity contribution in [1.82, 2.24) is 5.43 Å². The molecule has 0 radical (unpaired) electrons. The SMILES string of the molecule is NC(=O)NN=C(C(=O)OCc1ccccc1)c1ccccc1. The Labute approximate surface area is 127 Å². The lowest BCUT2D eigenvalue weighted by Crippen LogP contribution is -2.29. The molecule has 22 heavy (non-hydrogen) atoms. The fraction of sp³-hybridized carbons (Fsp3) is 0.0625. The number of primary amides is 1. The van der Waals surface area contributed by atoms with E-state index in [0.717, 1.165) is 5.56 Å². The average molecular weight is 297 g/mol. The number of hydrazone groups is 1. The van der Waals surface area contributed by atoms with Gasteiger partial charge in [-0.25, -0.2) is 15.0 Å². The van der Waals surface area contributed by atoms with Gasteiger partial charge in [0, 0.05) is 5.56 Å². The van der Waals surface area contributed by atoms with E-state index in [0.29, 0.717) is 5.56 Å². The summed E-state index contributed by atoms with van der Waals surface area (Å²) in [4.78, 5) is 23.0. The molecule has 2 amide bonds. The summed E-state index contributed by atoms with van der Waals surface area (Å²) in [5.41, 5.74) is 8.38. The van der Waals surface area contributed by atoms with E-state index in [4.69, 9.17) is 10.5 Å². The van der Waals surface area contributed by atoms with Crippen LogP contribution in [0.1, 0.15) is 11.1 Å². The molecular weight excluding hydrogens is 282 g/mol. The van der Waals surface area contributed by atoms with Crippen molar-refractivity contribution in [2.45, 2.75) is 6.61 Å². The number of hydrogen-bond acceptors (Lipinski definition) is 4. The van der Waals surface area contributed by atoms with E-state index < -0.39 is 12.0 Å². The minimum absolute atomic E-state index is 0.0182. The number of urea groups is 1. The number of carbonyl (C=O) groups excluding carboxylic acids is 2. The van der Waals surface area contributed by atoms with Gasteiger partial charge in [0.15, 0.2) is 5.71 Å². The molecule has 0 fully saturated rings. The second-order valence-corrected chi connectivity index (χ2v) is 4.36. The maximum Gasteiger partial charge on any atom is 0.359 e. The molecule has 3 N–H and O–H groups in total. The van der Waals surface area contributed by atoms with Crippen LogP contribution in [-0.2, 0) is 16.1 Å². The van der Waals surface area contributed by atoms with Gasteiger partial charge in [0.05, 0.1) is 0 Å². The minimum atomic E-state index is -0.857. The smallest absolute Gasteiger partial charge is 0.359 e. The molecule has 2 aromatic rings. The third kappa shape index (κ3) is 4.45. The molecule has 0 saturated carbocycles. The summed E-state index contributed by atoms with van der Waals surface area (Å²) in [5, 5.41) is 3.72. The Morgan fingerprint density at radius 1 is 1.00 bits per heavy atom. The van der Waals surface area contributed by atoms with Gasteiger partial charge in [0.2, 0.25) is 0 Å². The lowest BCUT2D eigenvalue weighted by atomic mass is 10.1. The number of nitrogens with two attached hydrogens (primary N) is 1. The Hall–Kier alpha value is -3.15. The number of ether oxygens (including phenoxy) is 1. The Bertz CT molecular complexity index is 670. The monoisotopic (exact) mass is 297 g/mol. The van der Waals surface area contributed by atoms with E-state index in [1.807, 2.05) is 35.8 Å². The van der Waals surface area contributed by atoms with Crippen LogP contribution in [0, 0.1) is 0 Å². The summed E-state index contributed by atoms with van der Waals surface area (Å²) >= 11 is 0. The second-order valence-electron chi connectivity index (χ2n) is 4.36. The van der Waals surface area contributed by atoms with Crippen LogP contribution in [0.3, 0.4) is 0 Å². The standard InChI is InChI=1S/C16H15N3O3/c17-16(21)19-18-14(13-9-5-2-6-10-13)15(20)22-11-12-7-3-1-4-8-12/h1-10H,11H2,(H3,17,19,21). The van der Waals surface area contributed by atoms with Crippen LogP contribution in [0.25, 0.3) is 0 Å². The van der Waals surface area contributed by atoms with E-state index in [9.17, 15) is 9.59 Å². The molecule has 2 aromatic carbocycles. The first-order valence-corrected chi connectivity index (χ1v) is 6.56. The van der Waals surface area contributed by atoms with Gasteiger partial charge in [-0.1, -0.05) is 60.7 Å². The molecule has 0 saturated heterocycles. The van der Waals surface area contributed by atoms with Crippen LogP contribution >= 0.6 is 0 Å². The number of rotatable bonds is 5. The van der Waals surface area contributed by atoms with Crippen LogP contribution in [0.4, 0.5) is 4.79 Å². The summed E-state index contributed by atoms with van der Waals surface area (Å²) in [6.45, 7) is 0.113. The average Bonchev–Trinajstić information content (AvgIpc) is 2.55. The highest BCUT2D eigenvalue weighted by Gasteiger charge is 2.16. The Kier molecular flexibility index (Phi) is 5.25. The Balaban J connectivity index is 2.12. The fourth-order valence-corrected chi connectivity index (χ4v) is 1.73. The molecule has 6 nitrogen and oxygen atoms in total. The summed E-state index contributed by atoms with van der Waals surface area (Å²) in [6, 6.07) is 17.1. The molecule has 0 aliphatic carbocycles. The number of nitrogens with zero attached hydrogens (tertiary/aromatic N) is 1. The van der Waals surface area contributed by atoms with Crippen molar-refractivity contribution in [1.29, 1.82) is 0 Å². The molecule has 0 aliphatic rings. The minimum Gasteiger partial charge on any atom is -0.456 e. The van der Waals surface area contributed by atoms with Crippen molar-refractivity contribution in [3.05, 3.63) is 71.8 Å². The lowest BCUT2D eigenvalue weighted by molar-refractivity contribution is -0.136. The molecule has 0 heterocycles. The largest absolute Gasteiger partial charge is 0.456 e. The van der Waals surface area contributed by atoms with E-state index in [-0.39, 0.29) is 12.3 Å². The molecule has 0 bridgehead atoms. The quantitative estimate of drug-likeness (QED) is 0.500. The fourth-order valence-electron chi connectivity index (χ4n) is 1.73. The third-order valence-electron chi connectivity index (χ3n) is 2.73. The van der Waals surface area contributed by atoms with E-state index in [1.165, 1.54) is 0 Å². The summed E-state index contributed by atoms with van der Waals surface area (Å²) < 4.78 is 5.22. The third-order valence-corrected chi connectivity index (χ3v) is 2.73. The van der Waals surface area contributed by atoms with Crippen LogP contribution in [0.15, 0.2) is 65.8 Å². The molecule has 2 rings (SSSR count). The maximum atomic E-state index is 12.2. The summed E-state index contributed by atoms with van der Waals surface area (Å²) in [6.07, 6.45) is 0. The van der Waals surface area contributed by atoms with E-state index in [2.05, 4.69) is 5.10 Å². The van der Waals surface area contributed by atoms with Gasteiger partial charge in [0.1, 0.15) is 6.61 Å². The molecule has 0 spiro atoms. The first-order valence-electron chi connectivity index (χ1n) is 6.56. The number of amides is 2. The van der Waals surface area contributed by atoms with Crippen LogP contribution < -0.4 is 11.2 Å². The molecule has 0 unspecified atom stereocenters. The zero-order chi connectivity index (χ0) is 15.8. The van der Waals surface area contributed by atoms with Crippen LogP contribution in [0.2, 0.25) is 0 Å². The van der Waals surface area contributed by atoms with E-state index in [1.54, 1.807) is 30.3 Å². The van der Waals surface area contributed by atoms with Crippen molar-refractivity contribution in [3.63, 3.8) is 0 Å². The van der Waals surface area contributed by atoms with Gasteiger partial charge < -0.3 is 10.5 Å². The maximum absolute atomic E-state index is 12.2. The number of hydrogen-bond donors (Lipinski definition) is 2. The normalized spacial score (nSPS) is 10.8. The molecule has 112 valence electrons. The van der Waals surface area contributed by atoms with Crippen molar-refractivity contribution in [2.75, 3.05) is 0 Å². The Morgan fingerprint density at radius 2 is 1.59 bits per heavy atom. The number of nitrogens with one attached hydrogen (secondary N) is 1. The highest BCUT2D eigenvalue weighted by Crippen LogP contribution is 2.06. The van der Waals surface area contributed by atoms with Gasteiger partial charge in [-0.15, -0.1) is 0 Å². The summed E-state index contributed by atoms with van der Waals surface area (Å²) in [7, 11) is 0. The predicted molar refractivity (Wildman–Crippen MR) is 81.9 cm³/mol. The van der Waals surface area contributed by atoms with Crippen molar-refractivity contribution in [3.8, 4) is 0 Å². The zero-order valence-corrected chi connectivity index (χ0v) is 11.7. The Morgan fingerprint density at radius 3 is 2.18 bits per heavy atom. The highest BCUT2D eigenvalue weighted by molar-refractivity contribution is 6.43. The lowest BCUT2D eigenvalue weighted by Gasteiger charge is -2.08. The van der Waals surface area contributed by atoms with Crippen LogP contribution in [0.5, 0.6) is 0 Å². The number of benzene rings is 2. The first-order chi connectivity index (χ1) is 10.7. The van der Waals surface area contributed by atoms with Crippen molar-refractivity contribution < 1.29 is 14.3 Å². The van der Waals surface area contributed by atoms with Gasteiger partial charge in [-0.2, -0.15) is 5.10 Å². The molecule has 0 aliphatic heterocycles.